The molecule has 1 fully saturated rings. The molecule has 1 unspecified atom stereocenters. The molecule has 0 spiro atoms. The number of sulfonamides is 1. The summed E-state index contributed by atoms with van der Waals surface area (Å²) in [5.74, 6) is 0.218. The second-order valence-electron chi connectivity index (χ2n) is 5.99. The molecule has 3 rings (SSSR count). The number of carbonyl (C=O) groups excluding carboxylic acids is 1. The number of hydrogen-bond donors (Lipinski definition) is 1. The summed E-state index contributed by atoms with van der Waals surface area (Å²) in [5.41, 5.74) is 5.01. The van der Waals surface area contributed by atoms with E-state index >= 15 is 0 Å². The number of carbonyl (C=O) groups is 1. The van der Waals surface area contributed by atoms with Crippen LogP contribution in [0.3, 0.4) is 0 Å². The molecule has 1 saturated heterocycles. The predicted octanol–water partition coefficient (Wildman–Crippen LogP) is 0.191. The quantitative estimate of drug-likeness (QED) is 0.654. The minimum Gasteiger partial charge on any atom is -0.484 e. The molecule has 2 aromatic rings. The summed E-state index contributed by atoms with van der Waals surface area (Å²) < 4.78 is 43.0. The molecular formula is C17H20N4O6S. The smallest absolute Gasteiger partial charge is 0.278 e. The van der Waals surface area contributed by atoms with Crippen LogP contribution in [0.25, 0.3) is 0 Å². The normalized spacial score (nSPS) is 17.2. The SMILES string of the molecule is COc1nccnc1OC1CCN(S(=O)(=O)c2ccc(OCC(N)=O)cc2)C1. The number of amides is 1. The van der Waals surface area contributed by atoms with Gasteiger partial charge in [-0.25, -0.2) is 18.4 Å². The second kappa shape index (κ2) is 8.40. The summed E-state index contributed by atoms with van der Waals surface area (Å²) in [6.45, 7) is 0.223. The number of benzene rings is 1. The maximum atomic E-state index is 12.8. The minimum atomic E-state index is -3.69. The van der Waals surface area contributed by atoms with Gasteiger partial charge in [0.2, 0.25) is 10.0 Å². The first-order valence-electron chi connectivity index (χ1n) is 8.43. The first-order valence-corrected chi connectivity index (χ1v) is 9.87. The number of ether oxygens (including phenoxy) is 3. The molecule has 1 aliphatic heterocycles. The van der Waals surface area contributed by atoms with E-state index in [1.165, 1.54) is 48.1 Å². The lowest BCUT2D eigenvalue weighted by atomic mass is 10.3. The summed E-state index contributed by atoms with van der Waals surface area (Å²) in [4.78, 5) is 18.9. The number of rotatable bonds is 8. The average Bonchev–Trinajstić information content (AvgIpc) is 3.16. The van der Waals surface area contributed by atoms with Crippen LogP contribution >= 0.6 is 0 Å². The molecule has 1 aliphatic rings. The Labute approximate surface area is 162 Å². The van der Waals surface area contributed by atoms with Crippen molar-refractivity contribution >= 4 is 15.9 Å². The Kier molecular flexibility index (Phi) is 5.95. The molecule has 1 aromatic carbocycles. The highest BCUT2D eigenvalue weighted by Gasteiger charge is 2.34. The molecule has 1 atom stereocenters. The molecular weight excluding hydrogens is 388 g/mol. The zero-order valence-corrected chi connectivity index (χ0v) is 16.0. The third kappa shape index (κ3) is 4.49. The summed E-state index contributed by atoms with van der Waals surface area (Å²) in [5, 5.41) is 0. The molecule has 10 nitrogen and oxygen atoms in total. The van der Waals surface area contributed by atoms with Crippen molar-refractivity contribution in [2.75, 3.05) is 26.8 Å². The summed E-state index contributed by atoms with van der Waals surface area (Å²) >= 11 is 0. The highest BCUT2D eigenvalue weighted by Crippen LogP contribution is 2.27. The Bertz CT molecular complexity index is 935. The van der Waals surface area contributed by atoms with Crippen molar-refractivity contribution in [3.63, 3.8) is 0 Å². The fraction of sp³-hybridized carbons (Fsp3) is 0.353. The molecule has 1 amide bonds. The third-order valence-electron chi connectivity index (χ3n) is 4.06. The van der Waals surface area contributed by atoms with Gasteiger partial charge in [-0.1, -0.05) is 0 Å². The van der Waals surface area contributed by atoms with Gasteiger partial charge >= 0.3 is 0 Å². The summed E-state index contributed by atoms with van der Waals surface area (Å²) in [6.07, 6.45) is 3.11. The number of methoxy groups -OCH3 is 1. The van der Waals surface area contributed by atoms with Crippen molar-refractivity contribution < 1.29 is 27.4 Å². The van der Waals surface area contributed by atoms with Crippen LogP contribution in [-0.2, 0) is 14.8 Å². The van der Waals surface area contributed by atoms with Crippen molar-refractivity contribution in [1.29, 1.82) is 0 Å². The van der Waals surface area contributed by atoms with Crippen molar-refractivity contribution in [2.24, 2.45) is 5.73 Å². The van der Waals surface area contributed by atoms with E-state index < -0.39 is 15.9 Å². The highest BCUT2D eigenvalue weighted by molar-refractivity contribution is 7.89. The van der Waals surface area contributed by atoms with Gasteiger partial charge in [-0.3, -0.25) is 4.79 Å². The molecule has 0 aliphatic carbocycles. The molecule has 11 heteroatoms. The Hall–Kier alpha value is -2.92. The Morgan fingerprint density at radius 3 is 2.54 bits per heavy atom. The molecule has 28 heavy (non-hydrogen) atoms. The topological polar surface area (TPSA) is 134 Å². The van der Waals surface area contributed by atoms with Crippen LogP contribution in [0.4, 0.5) is 0 Å². The largest absolute Gasteiger partial charge is 0.484 e. The first kappa shape index (κ1) is 19.8. The van der Waals surface area contributed by atoms with Gasteiger partial charge in [0.25, 0.3) is 17.7 Å². The number of hydrogen-bond acceptors (Lipinski definition) is 8. The number of nitrogens with two attached hydrogens (primary N) is 1. The number of aromatic nitrogens is 2. The lowest BCUT2D eigenvalue weighted by molar-refractivity contribution is -0.119. The van der Waals surface area contributed by atoms with Crippen LogP contribution in [0.2, 0.25) is 0 Å². The van der Waals surface area contributed by atoms with Crippen molar-refractivity contribution in [3.05, 3.63) is 36.7 Å². The van der Waals surface area contributed by atoms with E-state index in [9.17, 15) is 13.2 Å². The van der Waals surface area contributed by atoms with Gasteiger partial charge in [-0.15, -0.1) is 0 Å². The Morgan fingerprint density at radius 1 is 1.21 bits per heavy atom. The van der Waals surface area contributed by atoms with Crippen molar-refractivity contribution in [1.82, 2.24) is 14.3 Å². The van der Waals surface area contributed by atoms with Gasteiger partial charge in [-0.05, 0) is 30.7 Å². The zero-order chi connectivity index (χ0) is 20.1. The van der Waals surface area contributed by atoms with E-state index in [-0.39, 0.29) is 35.9 Å². The van der Waals surface area contributed by atoms with E-state index in [0.717, 1.165) is 0 Å². The Morgan fingerprint density at radius 2 is 1.89 bits per heavy atom. The monoisotopic (exact) mass is 408 g/mol. The van der Waals surface area contributed by atoms with Crippen LogP contribution in [0.5, 0.6) is 17.5 Å². The van der Waals surface area contributed by atoms with E-state index in [1.807, 2.05) is 0 Å². The number of nitrogens with zero attached hydrogens (tertiary/aromatic N) is 3. The maximum absolute atomic E-state index is 12.8. The van der Waals surface area contributed by atoms with E-state index in [0.29, 0.717) is 18.7 Å². The van der Waals surface area contributed by atoms with Crippen molar-refractivity contribution in [3.8, 4) is 17.5 Å². The fourth-order valence-electron chi connectivity index (χ4n) is 2.71. The molecule has 0 radical (unpaired) electrons. The van der Waals surface area contributed by atoms with Crippen molar-refractivity contribution in [2.45, 2.75) is 17.4 Å². The van der Waals surface area contributed by atoms with E-state index in [4.69, 9.17) is 19.9 Å². The van der Waals surface area contributed by atoms with Gasteiger partial charge in [0.1, 0.15) is 11.9 Å². The minimum absolute atomic E-state index is 0.122. The first-order chi connectivity index (χ1) is 13.4. The third-order valence-corrected chi connectivity index (χ3v) is 5.93. The van der Waals surface area contributed by atoms with Gasteiger partial charge in [-0.2, -0.15) is 4.31 Å². The summed E-state index contributed by atoms with van der Waals surface area (Å²) in [7, 11) is -2.23. The van der Waals surface area contributed by atoms with E-state index in [1.54, 1.807) is 0 Å². The van der Waals surface area contributed by atoms with Crippen LogP contribution < -0.4 is 19.9 Å². The van der Waals surface area contributed by atoms with Gasteiger partial charge in [0, 0.05) is 18.9 Å². The molecule has 2 heterocycles. The number of primary amides is 1. The van der Waals surface area contributed by atoms with Crippen LogP contribution in [-0.4, -0.2) is 61.5 Å². The molecule has 2 N–H and O–H groups in total. The Balaban J connectivity index is 1.65. The van der Waals surface area contributed by atoms with Crippen LogP contribution in [0.1, 0.15) is 6.42 Å². The lowest BCUT2D eigenvalue weighted by Gasteiger charge is -2.17. The average molecular weight is 408 g/mol. The maximum Gasteiger partial charge on any atom is 0.278 e. The lowest BCUT2D eigenvalue weighted by Crippen LogP contribution is -2.31. The second-order valence-corrected chi connectivity index (χ2v) is 7.93. The van der Waals surface area contributed by atoms with E-state index in [2.05, 4.69) is 9.97 Å². The highest BCUT2D eigenvalue weighted by atomic mass is 32.2. The van der Waals surface area contributed by atoms with Crippen LogP contribution in [0, 0.1) is 0 Å². The molecule has 0 saturated carbocycles. The standard InChI is InChI=1S/C17H20N4O6S/c1-25-16-17(20-8-7-19-16)27-13-6-9-21(10-13)28(23,24)14-4-2-12(3-5-14)26-11-15(18)22/h2-5,7-8,13H,6,9-11H2,1H3,(H2,18,22). The summed E-state index contributed by atoms with van der Waals surface area (Å²) in [6, 6.07) is 5.80. The van der Waals surface area contributed by atoms with Crippen LogP contribution in [0.15, 0.2) is 41.6 Å². The molecule has 150 valence electrons. The predicted molar refractivity (Wildman–Crippen MR) is 97.5 cm³/mol. The van der Waals surface area contributed by atoms with Gasteiger partial charge < -0.3 is 19.9 Å². The zero-order valence-electron chi connectivity index (χ0n) is 15.1. The molecule has 1 aromatic heterocycles. The molecule has 0 bridgehead atoms. The fourth-order valence-corrected chi connectivity index (χ4v) is 4.20. The van der Waals surface area contributed by atoms with Gasteiger partial charge in [0.15, 0.2) is 6.61 Å². The van der Waals surface area contributed by atoms with Gasteiger partial charge in [0.05, 0.1) is 18.6 Å².